The van der Waals surface area contributed by atoms with Crippen LogP contribution < -0.4 is 10.2 Å². The van der Waals surface area contributed by atoms with Crippen LogP contribution in [-0.4, -0.2) is 73.6 Å². The van der Waals surface area contributed by atoms with E-state index >= 15 is 0 Å². The number of hydrogen-bond acceptors (Lipinski definition) is 11. The molecule has 0 saturated carbocycles. The number of aromatic nitrogens is 5. The molecule has 1 unspecified atom stereocenters. The van der Waals surface area contributed by atoms with E-state index in [0.717, 1.165) is 29.2 Å². The van der Waals surface area contributed by atoms with Gasteiger partial charge in [0.15, 0.2) is 21.1 Å². The van der Waals surface area contributed by atoms with Crippen molar-refractivity contribution in [3.63, 3.8) is 0 Å². The molecule has 3 aromatic rings. The first-order valence-electron chi connectivity index (χ1n) is 9.58. The molecular formula is C18H22N6O6S2. The minimum atomic E-state index is -4.09. The van der Waals surface area contributed by atoms with E-state index in [2.05, 4.69) is 20.6 Å². The number of nitrogens with one attached hydrogen (secondary N) is 1. The third-order valence-electron chi connectivity index (χ3n) is 4.41. The van der Waals surface area contributed by atoms with Crippen molar-refractivity contribution in [3.8, 4) is 5.75 Å². The number of unbranched alkanes of at least 4 members (excludes halogenated alkanes) is 1. The fourth-order valence-electron chi connectivity index (χ4n) is 2.66. The summed E-state index contributed by atoms with van der Waals surface area (Å²) >= 11 is 0.905. The number of hydrogen-bond donors (Lipinski definition) is 3. The van der Waals surface area contributed by atoms with E-state index in [0.29, 0.717) is 23.0 Å². The van der Waals surface area contributed by atoms with Crippen LogP contribution in [0.2, 0.25) is 0 Å². The predicted octanol–water partition coefficient (Wildman–Crippen LogP) is 0.501. The first-order valence-corrected chi connectivity index (χ1v) is 12.2. The van der Waals surface area contributed by atoms with Crippen molar-refractivity contribution < 1.29 is 28.3 Å². The predicted molar refractivity (Wildman–Crippen MR) is 113 cm³/mol. The highest BCUT2D eigenvalue weighted by Gasteiger charge is 2.41. The standard InChI is InChI=1S/C18H22N6O6S2/c1-2-3-10-30-13-4-6-14(7-5-13)32(28,29)12-18(26,17(25)21-27)11-31-16-9-8-15-19-22-23-24(15)20-16/h4-9,26-27H,2-3,10-12H2,1H3,(H,21,25). The van der Waals surface area contributed by atoms with Crippen molar-refractivity contribution in [1.29, 1.82) is 0 Å². The van der Waals surface area contributed by atoms with Crippen LogP contribution in [0.3, 0.4) is 0 Å². The molecule has 2 aromatic heterocycles. The Hall–Kier alpha value is -2.81. The van der Waals surface area contributed by atoms with Crippen LogP contribution in [0.25, 0.3) is 5.65 Å². The number of aliphatic hydroxyl groups is 1. The first-order chi connectivity index (χ1) is 15.3. The number of carbonyl (C=O) groups excluding carboxylic acids is 1. The van der Waals surface area contributed by atoms with Crippen LogP contribution in [0.5, 0.6) is 5.75 Å². The number of ether oxygens (including phenoxy) is 1. The van der Waals surface area contributed by atoms with Crippen LogP contribution >= 0.6 is 11.8 Å². The van der Waals surface area contributed by atoms with Crippen LogP contribution in [0, 0.1) is 0 Å². The Bertz CT molecular complexity index is 1170. The zero-order valence-corrected chi connectivity index (χ0v) is 18.7. The molecule has 0 aliphatic rings. The number of carbonyl (C=O) groups is 1. The van der Waals surface area contributed by atoms with Gasteiger partial charge in [0.25, 0.3) is 5.91 Å². The Morgan fingerprint density at radius 2 is 2.00 bits per heavy atom. The number of thioether (sulfide) groups is 1. The van der Waals surface area contributed by atoms with Gasteiger partial charge >= 0.3 is 0 Å². The highest BCUT2D eigenvalue weighted by atomic mass is 32.2. The van der Waals surface area contributed by atoms with Crippen molar-refractivity contribution >= 4 is 33.2 Å². The third-order valence-corrected chi connectivity index (χ3v) is 7.39. The van der Waals surface area contributed by atoms with Crippen molar-refractivity contribution in [3.05, 3.63) is 36.4 Å². The second kappa shape index (κ2) is 10.2. The summed E-state index contributed by atoms with van der Waals surface area (Å²) in [4.78, 5) is 12.1. The molecule has 0 radical (unpaired) electrons. The van der Waals surface area contributed by atoms with E-state index < -0.39 is 32.9 Å². The molecule has 172 valence electrons. The maximum absolute atomic E-state index is 12.9. The number of tetrazole rings is 1. The molecule has 3 rings (SSSR count). The van der Waals surface area contributed by atoms with Crippen molar-refractivity contribution in [1.82, 2.24) is 30.7 Å². The lowest BCUT2D eigenvalue weighted by Gasteiger charge is -2.25. The van der Waals surface area contributed by atoms with Crippen molar-refractivity contribution in [2.75, 3.05) is 18.1 Å². The topological polar surface area (TPSA) is 169 Å². The van der Waals surface area contributed by atoms with E-state index in [-0.39, 0.29) is 4.90 Å². The molecule has 0 aliphatic carbocycles. The van der Waals surface area contributed by atoms with Gasteiger partial charge in [-0.25, -0.2) is 13.9 Å². The van der Waals surface area contributed by atoms with Gasteiger partial charge in [0.05, 0.1) is 17.3 Å². The highest BCUT2D eigenvalue weighted by molar-refractivity contribution is 7.99. The summed E-state index contributed by atoms with van der Waals surface area (Å²) in [6.45, 7) is 2.54. The molecule has 1 atom stereocenters. The second-order valence-corrected chi connectivity index (χ2v) is 9.88. The van der Waals surface area contributed by atoms with Crippen LogP contribution in [0.1, 0.15) is 19.8 Å². The van der Waals surface area contributed by atoms with E-state index in [1.165, 1.54) is 29.7 Å². The smallest absolute Gasteiger partial charge is 0.277 e. The van der Waals surface area contributed by atoms with Gasteiger partial charge in [-0.15, -0.1) is 26.6 Å². The monoisotopic (exact) mass is 482 g/mol. The number of amides is 1. The fourth-order valence-corrected chi connectivity index (χ4v) is 5.28. The summed E-state index contributed by atoms with van der Waals surface area (Å²) in [6, 6.07) is 8.82. The molecule has 0 bridgehead atoms. The molecule has 1 amide bonds. The Labute approximate surface area is 187 Å². The Morgan fingerprint density at radius 3 is 2.69 bits per heavy atom. The Morgan fingerprint density at radius 1 is 1.25 bits per heavy atom. The number of hydroxylamine groups is 1. The molecule has 0 spiro atoms. The van der Waals surface area contributed by atoms with E-state index in [4.69, 9.17) is 9.94 Å². The van der Waals surface area contributed by atoms with Gasteiger partial charge in [-0.2, -0.15) is 0 Å². The van der Waals surface area contributed by atoms with E-state index in [1.54, 1.807) is 12.1 Å². The first kappa shape index (κ1) is 23.8. The summed E-state index contributed by atoms with van der Waals surface area (Å²) in [6.07, 6.45) is 1.84. The molecule has 32 heavy (non-hydrogen) atoms. The average molecular weight is 483 g/mol. The summed E-state index contributed by atoms with van der Waals surface area (Å²) in [5.41, 5.74) is -0.713. The Balaban J connectivity index is 1.74. The molecule has 0 aliphatic heterocycles. The van der Waals surface area contributed by atoms with Crippen molar-refractivity contribution in [2.45, 2.75) is 35.3 Å². The summed E-state index contributed by atoms with van der Waals surface area (Å²) in [5, 5.41) is 35.1. The molecule has 1 aromatic carbocycles. The maximum atomic E-state index is 12.9. The molecule has 3 N–H and O–H groups in total. The van der Waals surface area contributed by atoms with Gasteiger partial charge in [0.1, 0.15) is 10.8 Å². The average Bonchev–Trinajstić information content (AvgIpc) is 3.25. The number of rotatable bonds is 11. The van der Waals surface area contributed by atoms with E-state index in [1.807, 2.05) is 6.92 Å². The Kier molecular flexibility index (Phi) is 7.60. The van der Waals surface area contributed by atoms with Gasteiger partial charge in [-0.3, -0.25) is 10.0 Å². The molecule has 0 saturated heterocycles. The summed E-state index contributed by atoms with van der Waals surface area (Å²) in [7, 11) is -4.09. The lowest BCUT2D eigenvalue weighted by molar-refractivity contribution is -0.144. The van der Waals surface area contributed by atoms with Crippen LogP contribution in [-0.2, 0) is 14.6 Å². The van der Waals surface area contributed by atoms with Gasteiger partial charge in [-0.05, 0) is 53.2 Å². The number of benzene rings is 1. The van der Waals surface area contributed by atoms with Gasteiger partial charge in [0.2, 0.25) is 0 Å². The summed E-state index contributed by atoms with van der Waals surface area (Å²) in [5.74, 6) is -2.10. The van der Waals surface area contributed by atoms with Crippen LogP contribution in [0.4, 0.5) is 0 Å². The van der Waals surface area contributed by atoms with Crippen molar-refractivity contribution in [2.24, 2.45) is 0 Å². The minimum Gasteiger partial charge on any atom is -0.494 e. The minimum absolute atomic E-state index is 0.0947. The molecule has 0 fully saturated rings. The zero-order chi connectivity index (χ0) is 23.2. The number of nitrogens with zero attached hydrogens (tertiary/aromatic N) is 5. The molecule has 12 nitrogen and oxygen atoms in total. The molecular weight excluding hydrogens is 460 g/mol. The second-order valence-electron chi connectivity index (χ2n) is 6.89. The zero-order valence-electron chi connectivity index (χ0n) is 17.1. The molecule has 2 heterocycles. The fraction of sp³-hybridized carbons (Fsp3) is 0.389. The lowest BCUT2D eigenvalue weighted by atomic mass is 10.1. The summed E-state index contributed by atoms with van der Waals surface area (Å²) < 4.78 is 32.4. The lowest BCUT2D eigenvalue weighted by Crippen LogP contribution is -2.52. The van der Waals surface area contributed by atoms with Gasteiger partial charge < -0.3 is 9.84 Å². The SMILES string of the molecule is CCCCOc1ccc(S(=O)(=O)CC(O)(CSc2ccc3nnnn3n2)C(=O)NO)cc1. The number of sulfone groups is 1. The quantitative estimate of drug-likeness (QED) is 0.150. The number of fused-ring (bicyclic) bond motifs is 1. The van der Waals surface area contributed by atoms with E-state index in [9.17, 15) is 18.3 Å². The largest absolute Gasteiger partial charge is 0.494 e. The maximum Gasteiger partial charge on any atom is 0.277 e. The molecule has 14 heteroatoms. The highest BCUT2D eigenvalue weighted by Crippen LogP contribution is 2.26. The van der Waals surface area contributed by atoms with Gasteiger partial charge in [0, 0.05) is 5.75 Å². The normalized spacial score (nSPS) is 13.6. The third kappa shape index (κ3) is 5.70. The van der Waals surface area contributed by atoms with Gasteiger partial charge in [-0.1, -0.05) is 13.3 Å². The van der Waals surface area contributed by atoms with Crippen LogP contribution in [0.15, 0.2) is 46.3 Å².